The maximum Gasteiger partial charge on any atom is 0.153 e. The molecule has 2 aromatic heterocycles. The lowest BCUT2D eigenvalue weighted by atomic mass is 10.0. The second kappa shape index (κ2) is 4.52. The van der Waals surface area contributed by atoms with Gasteiger partial charge in [-0.15, -0.1) is 11.3 Å². The average Bonchev–Trinajstić information content (AvgIpc) is 2.77. The van der Waals surface area contributed by atoms with E-state index < -0.39 is 0 Å². The predicted molar refractivity (Wildman–Crippen MR) is 73.9 cm³/mol. The Morgan fingerprint density at radius 3 is 2.89 bits per heavy atom. The van der Waals surface area contributed by atoms with Crippen LogP contribution in [0.25, 0.3) is 11.5 Å². The zero-order valence-corrected chi connectivity index (χ0v) is 11.6. The van der Waals surface area contributed by atoms with E-state index in [1.165, 1.54) is 17.8 Å². The van der Waals surface area contributed by atoms with Crippen molar-refractivity contribution in [3.63, 3.8) is 0 Å². The van der Waals surface area contributed by atoms with Crippen LogP contribution in [0.15, 0.2) is 21.9 Å². The van der Waals surface area contributed by atoms with E-state index in [4.69, 9.17) is 9.40 Å². The van der Waals surface area contributed by atoms with Crippen molar-refractivity contribution in [2.75, 3.05) is 13.6 Å². The number of aromatic nitrogens is 1. The monoisotopic (exact) mass is 262 g/mol. The molecule has 0 unspecified atom stereocenters. The van der Waals surface area contributed by atoms with Gasteiger partial charge in [0.05, 0.1) is 5.01 Å². The first-order valence-electron chi connectivity index (χ1n) is 6.37. The van der Waals surface area contributed by atoms with Gasteiger partial charge in [0, 0.05) is 18.3 Å². The van der Waals surface area contributed by atoms with Gasteiger partial charge < -0.3 is 9.73 Å². The lowest BCUT2D eigenvalue weighted by Crippen LogP contribution is -2.21. The Morgan fingerprint density at radius 2 is 2.28 bits per heavy atom. The summed E-state index contributed by atoms with van der Waals surface area (Å²) in [5, 5.41) is 6.62. The summed E-state index contributed by atoms with van der Waals surface area (Å²) in [6.45, 7) is 3.06. The molecule has 4 heteroatoms. The molecule has 1 aliphatic rings. The molecule has 1 aliphatic carbocycles. The van der Waals surface area contributed by atoms with Gasteiger partial charge in [-0.3, -0.25) is 0 Å². The van der Waals surface area contributed by atoms with Crippen molar-refractivity contribution in [3.05, 3.63) is 28.3 Å². The molecule has 0 bridgehead atoms. The van der Waals surface area contributed by atoms with Crippen LogP contribution < -0.4 is 5.32 Å². The van der Waals surface area contributed by atoms with Crippen molar-refractivity contribution in [1.29, 1.82) is 0 Å². The molecule has 3 nitrogen and oxygen atoms in total. The number of thiazole rings is 1. The number of nitrogens with zero attached hydrogens (tertiary/aromatic N) is 1. The van der Waals surface area contributed by atoms with Gasteiger partial charge in [0.15, 0.2) is 5.76 Å². The number of hydrogen-bond donors (Lipinski definition) is 1. The molecule has 1 saturated carbocycles. The van der Waals surface area contributed by atoms with E-state index in [0.717, 1.165) is 30.2 Å². The number of hydrogen-bond acceptors (Lipinski definition) is 4. The molecule has 0 aliphatic heterocycles. The quantitative estimate of drug-likeness (QED) is 0.899. The molecular weight excluding hydrogens is 244 g/mol. The zero-order valence-electron chi connectivity index (χ0n) is 10.8. The molecule has 0 saturated heterocycles. The topological polar surface area (TPSA) is 38.1 Å². The average molecular weight is 262 g/mol. The zero-order chi connectivity index (χ0) is 12.6. The van der Waals surface area contributed by atoms with E-state index in [1.807, 2.05) is 26.1 Å². The van der Waals surface area contributed by atoms with Gasteiger partial charge in [0.2, 0.25) is 0 Å². The highest BCUT2D eigenvalue weighted by Gasteiger charge is 2.42. The molecule has 2 heterocycles. The van der Waals surface area contributed by atoms with Gasteiger partial charge in [0.25, 0.3) is 0 Å². The molecule has 18 heavy (non-hydrogen) atoms. The molecule has 0 radical (unpaired) electrons. The lowest BCUT2D eigenvalue weighted by molar-refractivity contribution is 0.477. The highest BCUT2D eigenvalue weighted by atomic mass is 32.1. The standard InChI is InChI=1S/C14H18N2OS/c1-10-3-4-12(17-10)11-8-18-13(16-11)7-14(5-6-14)9-15-2/h3-4,8,15H,5-7,9H2,1-2H3. The molecule has 0 spiro atoms. The molecule has 1 fully saturated rings. The minimum atomic E-state index is 0.475. The van der Waals surface area contributed by atoms with E-state index in [-0.39, 0.29) is 0 Å². The van der Waals surface area contributed by atoms with Crippen LogP contribution in [-0.4, -0.2) is 18.6 Å². The first kappa shape index (κ1) is 11.9. The molecule has 96 valence electrons. The molecule has 2 aromatic rings. The van der Waals surface area contributed by atoms with E-state index in [9.17, 15) is 0 Å². The maximum absolute atomic E-state index is 5.61. The molecule has 1 N–H and O–H groups in total. The van der Waals surface area contributed by atoms with E-state index in [1.54, 1.807) is 11.3 Å². The van der Waals surface area contributed by atoms with E-state index in [0.29, 0.717) is 5.41 Å². The van der Waals surface area contributed by atoms with Crippen LogP contribution in [0.5, 0.6) is 0 Å². The van der Waals surface area contributed by atoms with Crippen molar-refractivity contribution in [2.24, 2.45) is 5.41 Å². The van der Waals surface area contributed by atoms with Crippen LogP contribution in [0.1, 0.15) is 23.6 Å². The van der Waals surface area contributed by atoms with E-state index in [2.05, 4.69) is 10.7 Å². The largest absolute Gasteiger partial charge is 0.460 e. The summed E-state index contributed by atoms with van der Waals surface area (Å²) >= 11 is 1.75. The number of nitrogens with one attached hydrogen (secondary N) is 1. The first-order valence-corrected chi connectivity index (χ1v) is 7.25. The fourth-order valence-corrected chi connectivity index (χ4v) is 3.32. The molecule has 0 aromatic carbocycles. The Hall–Kier alpha value is -1.13. The van der Waals surface area contributed by atoms with Crippen molar-refractivity contribution in [3.8, 4) is 11.5 Å². The van der Waals surface area contributed by atoms with Crippen LogP contribution in [0, 0.1) is 12.3 Å². The Kier molecular flexibility index (Phi) is 2.99. The number of aryl methyl sites for hydroxylation is 1. The molecule has 0 atom stereocenters. The smallest absolute Gasteiger partial charge is 0.153 e. The summed E-state index contributed by atoms with van der Waals surface area (Å²) in [7, 11) is 2.03. The van der Waals surface area contributed by atoms with Crippen LogP contribution in [0.3, 0.4) is 0 Å². The van der Waals surface area contributed by atoms with Crippen molar-refractivity contribution in [2.45, 2.75) is 26.2 Å². The normalized spacial score (nSPS) is 17.0. The first-order chi connectivity index (χ1) is 8.71. The van der Waals surface area contributed by atoms with Crippen molar-refractivity contribution < 1.29 is 4.42 Å². The summed E-state index contributed by atoms with van der Waals surface area (Å²) in [5.41, 5.74) is 1.45. The summed E-state index contributed by atoms with van der Waals surface area (Å²) in [6.07, 6.45) is 3.74. The number of rotatable bonds is 5. The van der Waals surface area contributed by atoms with Gasteiger partial charge >= 0.3 is 0 Å². The van der Waals surface area contributed by atoms with Gasteiger partial charge in [-0.25, -0.2) is 4.98 Å². The molecular formula is C14H18N2OS. The summed E-state index contributed by atoms with van der Waals surface area (Å²) in [6, 6.07) is 3.98. The fraction of sp³-hybridized carbons (Fsp3) is 0.500. The Labute approximate surface area is 111 Å². The minimum absolute atomic E-state index is 0.475. The summed E-state index contributed by atoms with van der Waals surface area (Å²) < 4.78 is 5.61. The van der Waals surface area contributed by atoms with Crippen molar-refractivity contribution in [1.82, 2.24) is 10.3 Å². The highest BCUT2D eigenvalue weighted by Crippen LogP contribution is 2.48. The van der Waals surface area contributed by atoms with Gasteiger partial charge in [-0.1, -0.05) is 0 Å². The predicted octanol–water partition coefficient (Wildman–Crippen LogP) is 3.25. The second-order valence-corrected chi connectivity index (χ2v) is 6.19. The number of furan rings is 1. The molecule has 0 amide bonds. The van der Waals surface area contributed by atoms with Gasteiger partial charge in [-0.05, 0) is 44.4 Å². The van der Waals surface area contributed by atoms with Crippen LogP contribution in [-0.2, 0) is 6.42 Å². The van der Waals surface area contributed by atoms with Crippen molar-refractivity contribution >= 4 is 11.3 Å². The second-order valence-electron chi connectivity index (χ2n) is 5.24. The summed E-state index contributed by atoms with van der Waals surface area (Å²) in [4.78, 5) is 4.70. The Balaban J connectivity index is 1.74. The van der Waals surface area contributed by atoms with Crippen LogP contribution in [0.4, 0.5) is 0 Å². The minimum Gasteiger partial charge on any atom is -0.460 e. The van der Waals surface area contributed by atoms with Crippen LogP contribution in [0.2, 0.25) is 0 Å². The third-order valence-electron chi connectivity index (χ3n) is 3.58. The summed E-state index contributed by atoms with van der Waals surface area (Å²) in [5.74, 6) is 1.82. The van der Waals surface area contributed by atoms with E-state index >= 15 is 0 Å². The Bertz CT molecular complexity index is 539. The lowest BCUT2D eigenvalue weighted by Gasteiger charge is -2.11. The third-order valence-corrected chi connectivity index (χ3v) is 4.43. The van der Waals surface area contributed by atoms with Gasteiger partial charge in [0.1, 0.15) is 11.5 Å². The third kappa shape index (κ3) is 2.35. The maximum atomic E-state index is 5.61. The fourth-order valence-electron chi connectivity index (χ4n) is 2.37. The van der Waals surface area contributed by atoms with Gasteiger partial charge in [-0.2, -0.15) is 0 Å². The Morgan fingerprint density at radius 1 is 1.44 bits per heavy atom. The highest BCUT2D eigenvalue weighted by molar-refractivity contribution is 7.09. The molecule has 3 rings (SSSR count). The SMILES string of the molecule is CNCC1(Cc2nc(-c3ccc(C)o3)cs2)CC1. The van der Waals surface area contributed by atoms with Crippen LogP contribution >= 0.6 is 11.3 Å².